The van der Waals surface area contributed by atoms with Gasteiger partial charge in [0.05, 0.1) is 5.69 Å². The van der Waals surface area contributed by atoms with Crippen molar-refractivity contribution in [1.82, 2.24) is 9.78 Å². The van der Waals surface area contributed by atoms with E-state index in [0.29, 0.717) is 5.69 Å². The standard InChI is InChI=1S/C19H23N3O3/c1-5-15-6-8-16(9-7-15)20-18(23)12-25-19(24)11-10-17-13(2)21-22(4)14(17)3/h6-11H,5,12H2,1-4H3,(H,20,23)/b11-10+. The number of anilines is 1. The van der Waals surface area contributed by atoms with Gasteiger partial charge >= 0.3 is 5.97 Å². The van der Waals surface area contributed by atoms with Gasteiger partial charge in [-0.3, -0.25) is 9.48 Å². The van der Waals surface area contributed by atoms with Gasteiger partial charge in [-0.2, -0.15) is 5.10 Å². The number of carbonyl (C=O) groups excluding carboxylic acids is 2. The van der Waals surface area contributed by atoms with E-state index in [2.05, 4.69) is 17.3 Å². The second-order valence-corrected chi connectivity index (χ2v) is 5.75. The van der Waals surface area contributed by atoms with Crippen LogP contribution in [0.25, 0.3) is 6.08 Å². The third kappa shape index (κ3) is 5.04. The van der Waals surface area contributed by atoms with Crippen molar-refractivity contribution in [3.63, 3.8) is 0 Å². The van der Waals surface area contributed by atoms with Crippen molar-refractivity contribution in [1.29, 1.82) is 0 Å². The Hall–Kier alpha value is -2.89. The Bertz CT molecular complexity index is 789. The van der Waals surface area contributed by atoms with E-state index in [9.17, 15) is 9.59 Å². The molecular formula is C19H23N3O3. The Labute approximate surface area is 147 Å². The average molecular weight is 341 g/mol. The van der Waals surface area contributed by atoms with Gasteiger partial charge in [0, 0.05) is 30.1 Å². The van der Waals surface area contributed by atoms with Crippen molar-refractivity contribution in [2.24, 2.45) is 7.05 Å². The molecule has 1 heterocycles. The van der Waals surface area contributed by atoms with E-state index in [1.165, 1.54) is 11.6 Å². The van der Waals surface area contributed by atoms with Gasteiger partial charge in [0.15, 0.2) is 6.61 Å². The molecule has 1 amide bonds. The average Bonchev–Trinajstić information content (AvgIpc) is 2.84. The predicted octanol–water partition coefficient (Wildman–Crippen LogP) is 2.79. The topological polar surface area (TPSA) is 73.2 Å². The molecule has 6 nitrogen and oxygen atoms in total. The number of esters is 1. The molecule has 0 saturated heterocycles. The van der Waals surface area contributed by atoms with Crippen LogP contribution in [-0.4, -0.2) is 28.3 Å². The molecule has 0 unspecified atom stereocenters. The highest BCUT2D eigenvalue weighted by Gasteiger charge is 2.08. The number of nitrogens with one attached hydrogen (secondary N) is 1. The number of ether oxygens (including phenoxy) is 1. The highest BCUT2D eigenvalue weighted by molar-refractivity contribution is 5.94. The Morgan fingerprint density at radius 3 is 2.48 bits per heavy atom. The molecule has 0 saturated carbocycles. The van der Waals surface area contributed by atoms with Gasteiger partial charge in [0.2, 0.25) is 0 Å². The molecule has 25 heavy (non-hydrogen) atoms. The number of nitrogens with zero attached hydrogens (tertiary/aromatic N) is 2. The quantitative estimate of drug-likeness (QED) is 0.648. The molecule has 2 aromatic rings. The lowest BCUT2D eigenvalue weighted by Gasteiger charge is -2.06. The van der Waals surface area contributed by atoms with E-state index in [-0.39, 0.29) is 12.5 Å². The summed E-state index contributed by atoms with van der Waals surface area (Å²) in [7, 11) is 1.84. The van der Waals surface area contributed by atoms with Crippen LogP contribution in [0.5, 0.6) is 0 Å². The minimum Gasteiger partial charge on any atom is -0.452 e. The molecule has 132 valence electrons. The molecule has 1 N–H and O–H groups in total. The summed E-state index contributed by atoms with van der Waals surface area (Å²) in [6, 6.07) is 7.55. The maximum Gasteiger partial charge on any atom is 0.331 e. The first kappa shape index (κ1) is 18.4. The first-order valence-electron chi connectivity index (χ1n) is 8.14. The van der Waals surface area contributed by atoms with Crippen LogP contribution < -0.4 is 5.32 Å². The molecule has 0 bridgehead atoms. The number of aryl methyl sites for hydroxylation is 3. The monoisotopic (exact) mass is 341 g/mol. The first-order valence-corrected chi connectivity index (χ1v) is 8.14. The van der Waals surface area contributed by atoms with Crippen molar-refractivity contribution in [3.8, 4) is 0 Å². The number of hydrogen-bond donors (Lipinski definition) is 1. The molecule has 0 aliphatic carbocycles. The minimum atomic E-state index is -0.570. The summed E-state index contributed by atoms with van der Waals surface area (Å²) in [6.07, 6.45) is 3.90. The smallest absolute Gasteiger partial charge is 0.331 e. The zero-order chi connectivity index (χ0) is 18.4. The number of rotatable bonds is 6. The summed E-state index contributed by atoms with van der Waals surface area (Å²) in [6.45, 7) is 5.52. The number of aromatic nitrogens is 2. The third-order valence-electron chi connectivity index (χ3n) is 3.94. The summed E-state index contributed by atoms with van der Waals surface area (Å²) in [5.41, 5.74) is 4.53. The molecule has 6 heteroatoms. The van der Waals surface area contributed by atoms with Crippen LogP contribution in [0.2, 0.25) is 0 Å². The first-order chi connectivity index (χ1) is 11.9. The van der Waals surface area contributed by atoms with Gasteiger partial charge in [-0.05, 0) is 44.0 Å². The van der Waals surface area contributed by atoms with E-state index in [1.54, 1.807) is 10.8 Å². The van der Waals surface area contributed by atoms with Crippen LogP contribution >= 0.6 is 0 Å². The summed E-state index contributed by atoms with van der Waals surface area (Å²) in [5, 5.41) is 6.96. The normalized spacial score (nSPS) is 10.9. The highest BCUT2D eigenvalue weighted by atomic mass is 16.5. The van der Waals surface area contributed by atoms with Gasteiger partial charge in [-0.15, -0.1) is 0 Å². The SMILES string of the molecule is CCc1ccc(NC(=O)COC(=O)/C=C/c2c(C)nn(C)c2C)cc1. The van der Waals surface area contributed by atoms with Crippen LogP contribution in [0.4, 0.5) is 5.69 Å². The van der Waals surface area contributed by atoms with Crippen molar-refractivity contribution in [3.05, 3.63) is 52.9 Å². The zero-order valence-electron chi connectivity index (χ0n) is 15.0. The number of benzene rings is 1. The fourth-order valence-corrected chi connectivity index (χ4v) is 2.39. The lowest BCUT2D eigenvalue weighted by molar-refractivity contribution is -0.142. The fourth-order valence-electron chi connectivity index (χ4n) is 2.39. The molecule has 0 atom stereocenters. The largest absolute Gasteiger partial charge is 0.452 e. The summed E-state index contributed by atoms with van der Waals surface area (Å²) in [5.74, 6) is -0.945. The van der Waals surface area contributed by atoms with E-state index in [1.807, 2.05) is 45.2 Å². The second kappa shape index (κ2) is 8.28. The molecule has 2 rings (SSSR count). The van der Waals surface area contributed by atoms with Gasteiger partial charge in [0.1, 0.15) is 0 Å². The van der Waals surface area contributed by atoms with Gasteiger partial charge in [-0.25, -0.2) is 4.79 Å². The Morgan fingerprint density at radius 1 is 1.24 bits per heavy atom. The molecule has 1 aromatic heterocycles. The highest BCUT2D eigenvalue weighted by Crippen LogP contribution is 2.13. The van der Waals surface area contributed by atoms with Crippen molar-refractivity contribution in [2.75, 3.05) is 11.9 Å². The Morgan fingerprint density at radius 2 is 1.92 bits per heavy atom. The third-order valence-corrected chi connectivity index (χ3v) is 3.94. The van der Waals surface area contributed by atoms with Gasteiger partial charge in [0.25, 0.3) is 5.91 Å². The van der Waals surface area contributed by atoms with Crippen molar-refractivity contribution < 1.29 is 14.3 Å². The maximum atomic E-state index is 11.8. The van der Waals surface area contributed by atoms with Gasteiger partial charge in [-0.1, -0.05) is 19.1 Å². The molecule has 0 spiro atoms. The molecular weight excluding hydrogens is 318 g/mol. The number of hydrogen-bond acceptors (Lipinski definition) is 4. The fraction of sp³-hybridized carbons (Fsp3) is 0.316. The maximum absolute atomic E-state index is 11.8. The lowest BCUT2D eigenvalue weighted by atomic mass is 10.1. The van der Waals surface area contributed by atoms with Crippen LogP contribution in [0.3, 0.4) is 0 Å². The number of amides is 1. The van der Waals surface area contributed by atoms with E-state index in [4.69, 9.17) is 4.74 Å². The Balaban J connectivity index is 1.84. The van der Waals surface area contributed by atoms with Gasteiger partial charge < -0.3 is 10.1 Å². The molecule has 1 aromatic carbocycles. The molecule has 0 aliphatic rings. The summed E-state index contributed by atoms with van der Waals surface area (Å²) < 4.78 is 6.71. The van der Waals surface area contributed by atoms with Crippen LogP contribution in [0.1, 0.15) is 29.4 Å². The zero-order valence-corrected chi connectivity index (χ0v) is 15.0. The van der Waals surface area contributed by atoms with Crippen LogP contribution in [0.15, 0.2) is 30.3 Å². The summed E-state index contributed by atoms with van der Waals surface area (Å²) >= 11 is 0. The summed E-state index contributed by atoms with van der Waals surface area (Å²) in [4.78, 5) is 23.6. The van der Waals surface area contributed by atoms with E-state index in [0.717, 1.165) is 23.4 Å². The van der Waals surface area contributed by atoms with Crippen LogP contribution in [0, 0.1) is 13.8 Å². The number of carbonyl (C=O) groups is 2. The second-order valence-electron chi connectivity index (χ2n) is 5.75. The molecule has 0 radical (unpaired) electrons. The van der Waals surface area contributed by atoms with E-state index >= 15 is 0 Å². The minimum absolute atomic E-state index is 0.330. The lowest BCUT2D eigenvalue weighted by Crippen LogP contribution is -2.20. The van der Waals surface area contributed by atoms with Crippen molar-refractivity contribution in [2.45, 2.75) is 27.2 Å². The molecule has 0 aliphatic heterocycles. The molecule has 0 fully saturated rings. The van der Waals surface area contributed by atoms with Crippen LogP contribution in [-0.2, 0) is 27.8 Å². The van der Waals surface area contributed by atoms with Crippen molar-refractivity contribution >= 4 is 23.6 Å². The van der Waals surface area contributed by atoms with E-state index < -0.39 is 5.97 Å². The predicted molar refractivity (Wildman–Crippen MR) is 97.1 cm³/mol. The Kier molecular flexibility index (Phi) is 6.11.